The van der Waals surface area contributed by atoms with Gasteiger partial charge in [-0.1, -0.05) is 6.07 Å². The molecule has 2 aromatic heterocycles. The third-order valence-electron chi connectivity index (χ3n) is 4.62. The molecule has 9 heteroatoms. The Morgan fingerprint density at radius 1 is 1.30 bits per heavy atom. The molecule has 1 fully saturated rings. The van der Waals surface area contributed by atoms with Crippen LogP contribution in [0.25, 0.3) is 5.65 Å². The van der Waals surface area contributed by atoms with Crippen LogP contribution in [0.5, 0.6) is 0 Å². The monoisotopic (exact) mass is 373 g/mol. The predicted octanol–water partition coefficient (Wildman–Crippen LogP) is 1.92. The van der Waals surface area contributed by atoms with Crippen LogP contribution < -0.4 is 11.0 Å². The van der Waals surface area contributed by atoms with Gasteiger partial charge in [-0.05, 0) is 55.0 Å². The van der Waals surface area contributed by atoms with Crippen LogP contribution in [0.1, 0.15) is 42.9 Å². The van der Waals surface area contributed by atoms with Gasteiger partial charge in [0.15, 0.2) is 17.3 Å². The lowest BCUT2D eigenvalue weighted by atomic mass is 10.1. The van der Waals surface area contributed by atoms with E-state index < -0.39 is 29.3 Å². The summed E-state index contributed by atoms with van der Waals surface area (Å²) < 4.78 is 28.5. The Kier molecular flexibility index (Phi) is 4.21. The van der Waals surface area contributed by atoms with Crippen molar-refractivity contribution in [3.05, 3.63) is 63.7 Å². The molecule has 2 heterocycles. The smallest absolute Gasteiger partial charge is 0.348 e. The van der Waals surface area contributed by atoms with Crippen molar-refractivity contribution in [1.82, 2.24) is 24.7 Å². The number of carbonyl (C=O) groups is 1. The minimum absolute atomic E-state index is 0.297. The average molecular weight is 373 g/mol. The second-order valence-corrected chi connectivity index (χ2v) is 6.74. The van der Waals surface area contributed by atoms with E-state index >= 15 is 0 Å². The molecule has 4 rings (SSSR count). The van der Waals surface area contributed by atoms with Crippen LogP contribution in [0, 0.1) is 11.6 Å². The maximum absolute atomic E-state index is 13.3. The Morgan fingerprint density at radius 2 is 2.07 bits per heavy atom. The summed E-state index contributed by atoms with van der Waals surface area (Å²) in [6.07, 6.45) is 3.86. The summed E-state index contributed by atoms with van der Waals surface area (Å²) in [5.74, 6) is -1.93. The number of hydrogen-bond acceptors (Lipinski definition) is 4. The Balaban J connectivity index is 1.49. The molecule has 27 heavy (non-hydrogen) atoms. The van der Waals surface area contributed by atoms with Crippen molar-refractivity contribution in [2.24, 2.45) is 0 Å². The number of hydrogen-bond donors (Lipinski definition) is 1. The lowest BCUT2D eigenvalue weighted by Gasteiger charge is -2.14. The fourth-order valence-electron chi connectivity index (χ4n) is 2.96. The quantitative estimate of drug-likeness (QED) is 0.741. The van der Waals surface area contributed by atoms with E-state index in [9.17, 15) is 18.4 Å². The van der Waals surface area contributed by atoms with E-state index in [0.29, 0.717) is 17.1 Å². The third kappa shape index (κ3) is 3.44. The number of rotatable bonds is 5. The van der Waals surface area contributed by atoms with Crippen LogP contribution in [-0.2, 0) is 11.3 Å². The van der Waals surface area contributed by atoms with Crippen molar-refractivity contribution in [2.75, 3.05) is 0 Å². The highest BCUT2D eigenvalue weighted by molar-refractivity contribution is 5.76. The first kappa shape index (κ1) is 17.3. The van der Waals surface area contributed by atoms with Gasteiger partial charge in [0.1, 0.15) is 6.54 Å². The molecule has 1 saturated carbocycles. The second kappa shape index (κ2) is 6.57. The summed E-state index contributed by atoms with van der Waals surface area (Å²) in [4.78, 5) is 24.6. The van der Waals surface area contributed by atoms with Crippen LogP contribution in [0.4, 0.5) is 8.78 Å². The van der Waals surface area contributed by atoms with Gasteiger partial charge in [0.25, 0.3) is 0 Å². The fraction of sp³-hybridized carbons (Fsp3) is 0.333. The molecule has 0 saturated heterocycles. The van der Waals surface area contributed by atoms with E-state index in [1.54, 1.807) is 13.1 Å². The highest BCUT2D eigenvalue weighted by atomic mass is 19.2. The molecule has 1 aliphatic carbocycles. The Bertz CT molecular complexity index is 1090. The van der Waals surface area contributed by atoms with Gasteiger partial charge in [-0.2, -0.15) is 9.61 Å². The van der Waals surface area contributed by atoms with Gasteiger partial charge in [-0.3, -0.25) is 4.79 Å². The lowest BCUT2D eigenvalue weighted by molar-refractivity contribution is -0.122. The minimum Gasteiger partial charge on any atom is -0.348 e. The Morgan fingerprint density at radius 3 is 2.78 bits per heavy atom. The molecule has 1 atom stereocenters. The van der Waals surface area contributed by atoms with E-state index in [-0.39, 0.29) is 6.54 Å². The highest BCUT2D eigenvalue weighted by Gasteiger charge is 2.25. The van der Waals surface area contributed by atoms with E-state index in [0.717, 1.165) is 39.7 Å². The molecule has 140 valence electrons. The predicted molar refractivity (Wildman–Crippen MR) is 92.1 cm³/mol. The standard InChI is InChI=1S/C18H17F2N5O2/c1-10(12-4-5-14(19)15(20)6-12)22-17(26)9-24-18(27)25-16(23-24)7-13(8-21-25)11-2-3-11/h4-8,10-11H,2-3,9H2,1H3,(H,22,26)/t10-/m0/s1. The van der Waals surface area contributed by atoms with E-state index in [1.807, 2.05) is 6.07 Å². The summed E-state index contributed by atoms with van der Waals surface area (Å²) in [5.41, 5.74) is 1.34. The molecule has 7 nitrogen and oxygen atoms in total. The zero-order valence-corrected chi connectivity index (χ0v) is 14.5. The highest BCUT2D eigenvalue weighted by Crippen LogP contribution is 2.39. The number of aromatic nitrogens is 4. The number of benzene rings is 1. The van der Waals surface area contributed by atoms with Crippen LogP contribution in [0.15, 0.2) is 35.3 Å². The number of nitrogens with zero attached hydrogens (tertiary/aromatic N) is 4. The average Bonchev–Trinajstić information content (AvgIpc) is 3.43. The van der Waals surface area contributed by atoms with Crippen molar-refractivity contribution in [3.63, 3.8) is 0 Å². The molecule has 0 bridgehead atoms. The molecule has 1 amide bonds. The minimum atomic E-state index is -0.984. The van der Waals surface area contributed by atoms with Crippen LogP contribution in [-0.4, -0.2) is 25.3 Å². The SMILES string of the molecule is C[C@H](NC(=O)Cn1nc2cc(C3CC3)cnn2c1=O)c1ccc(F)c(F)c1. The fourth-order valence-corrected chi connectivity index (χ4v) is 2.96. The topological polar surface area (TPSA) is 81.3 Å². The van der Waals surface area contributed by atoms with Crippen molar-refractivity contribution in [1.29, 1.82) is 0 Å². The van der Waals surface area contributed by atoms with Crippen LogP contribution in [0.2, 0.25) is 0 Å². The van der Waals surface area contributed by atoms with E-state index in [1.165, 1.54) is 6.07 Å². The number of amides is 1. The summed E-state index contributed by atoms with van der Waals surface area (Å²) in [7, 11) is 0. The van der Waals surface area contributed by atoms with Crippen molar-refractivity contribution >= 4 is 11.6 Å². The number of carbonyl (C=O) groups excluding carboxylic acids is 1. The van der Waals surface area contributed by atoms with E-state index in [2.05, 4.69) is 15.5 Å². The van der Waals surface area contributed by atoms with Gasteiger partial charge in [-0.15, -0.1) is 5.10 Å². The van der Waals surface area contributed by atoms with Gasteiger partial charge >= 0.3 is 5.69 Å². The van der Waals surface area contributed by atoms with Gasteiger partial charge < -0.3 is 5.32 Å². The largest absolute Gasteiger partial charge is 0.367 e. The molecule has 3 aromatic rings. The van der Waals surface area contributed by atoms with Gasteiger partial charge in [-0.25, -0.2) is 18.3 Å². The molecule has 0 unspecified atom stereocenters. The summed E-state index contributed by atoms with van der Waals surface area (Å²) in [6.45, 7) is 1.34. The molecule has 1 aliphatic rings. The summed E-state index contributed by atoms with van der Waals surface area (Å²) in [5, 5.41) is 10.9. The van der Waals surface area contributed by atoms with Crippen molar-refractivity contribution in [2.45, 2.75) is 38.3 Å². The number of halogens is 2. The maximum Gasteiger partial charge on any atom is 0.367 e. The van der Waals surface area contributed by atoms with Crippen molar-refractivity contribution < 1.29 is 13.6 Å². The molecule has 1 N–H and O–H groups in total. The molecule has 0 aliphatic heterocycles. The maximum atomic E-state index is 13.3. The number of fused-ring (bicyclic) bond motifs is 1. The molecular formula is C18H17F2N5O2. The second-order valence-electron chi connectivity index (χ2n) is 6.74. The zero-order chi connectivity index (χ0) is 19.1. The van der Waals surface area contributed by atoms with Gasteiger partial charge in [0.05, 0.1) is 12.2 Å². The summed E-state index contributed by atoms with van der Waals surface area (Å²) in [6, 6.07) is 4.68. The zero-order valence-electron chi connectivity index (χ0n) is 14.5. The first-order valence-corrected chi connectivity index (χ1v) is 8.62. The lowest BCUT2D eigenvalue weighted by Crippen LogP contribution is -2.34. The van der Waals surface area contributed by atoms with Crippen molar-refractivity contribution in [3.8, 4) is 0 Å². The normalized spacial score (nSPS) is 15.1. The first-order chi connectivity index (χ1) is 12.9. The van der Waals surface area contributed by atoms with Gasteiger partial charge in [0, 0.05) is 0 Å². The summed E-state index contributed by atoms with van der Waals surface area (Å²) >= 11 is 0. The number of nitrogens with one attached hydrogen (secondary N) is 1. The van der Waals surface area contributed by atoms with E-state index in [4.69, 9.17) is 0 Å². The first-order valence-electron chi connectivity index (χ1n) is 8.62. The molecular weight excluding hydrogens is 356 g/mol. The van der Waals surface area contributed by atoms with Gasteiger partial charge in [0.2, 0.25) is 5.91 Å². The Hall–Kier alpha value is -3.10. The molecule has 1 aromatic carbocycles. The van der Waals surface area contributed by atoms with Crippen LogP contribution in [0.3, 0.4) is 0 Å². The van der Waals surface area contributed by atoms with Crippen LogP contribution >= 0.6 is 0 Å². The third-order valence-corrected chi connectivity index (χ3v) is 4.62. The molecule has 0 spiro atoms. The molecule has 0 radical (unpaired) electrons. The Labute approximate surface area is 152 Å².